The molecule has 0 aliphatic heterocycles. The zero-order valence-electron chi connectivity index (χ0n) is 14.3. The van der Waals surface area contributed by atoms with Crippen LogP contribution in [-0.2, 0) is 11.8 Å². The van der Waals surface area contributed by atoms with Crippen LogP contribution in [0.2, 0.25) is 0 Å². The van der Waals surface area contributed by atoms with Crippen LogP contribution in [0.3, 0.4) is 0 Å². The summed E-state index contributed by atoms with van der Waals surface area (Å²) in [7, 11) is 1.44. The number of amides is 2. The zero-order valence-corrected chi connectivity index (χ0v) is 15.1. The Morgan fingerprint density at radius 3 is 2.63 bits per heavy atom. The van der Waals surface area contributed by atoms with Gasteiger partial charge in [0, 0.05) is 36.7 Å². The summed E-state index contributed by atoms with van der Waals surface area (Å²) in [5.41, 5.74) is 0.644. The van der Waals surface area contributed by atoms with Gasteiger partial charge in [-0.15, -0.1) is 11.3 Å². The van der Waals surface area contributed by atoms with Crippen molar-refractivity contribution in [2.45, 2.75) is 6.92 Å². The number of hydrogen-bond acceptors (Lipinski definition) is 6. The largest absolute Gasteiger partial charge is 0.326 e. The lowest BCUT2D eigenvalue weighted by molar-refractivity contribution is -0.114. The fraction of sp³-hybridized carbons (Fsp3) is 0.118. The third-order valence-corrected chi connectivity index (χ3v) is 4.24. The first-order chi connectivity index (χ1) is 12.8. The average Bonchev–Trinajstić information content (AvgIpc) is 3.05. The van der Waals surface area contributed by atoms with E-state index >= 15 is 0 Å². The Morgan fingerprint density at radius 2 is 1.96 bits per heavy atom. The average molecular weight is 387 g/mol. The number of benzene rings is 1. The van der Waals surface area contributed by atoms with Gasteiger partial charge in [-0.05, 0) is 24.3 Å². The molecule has 0 saturated carbocycles. The van der Waals surface area contributed by atoms with E-state index in [0.717, 1.165) is 16.0 Å². The van der Waals surface area contributed by atoms with Crippen molar-refractivity contribution in [3.63, 3.8) is 0 Å². The minimum Gasteiger partial charge on any atom is -0.326 e. The molecule has 2 amide bonds. The van der Waals surface area contributed by atoms with Gasteiger partial charge in [0.25, 0.3) is 11.5 Å². The Bertz CT molecular complexity index is 1090. The molecule has 0 fully saturated rings. The lowest BCUT2D eigenvalue weighted by Gasteiger charge is -2.05. The van der Waals surface area contributed by atoms with Gasteiger partial charge in [-0.3, -0.25) is 19.7 Å². The van der Waals surface area contributed by atoms with Crippen LogP contribution in [0, 0.1) is 5.82 Å². The molecule has 2 aromatic heterocycles. The Morgan fingerprint density at radius 1 is 1.19 bits per heavy atom. The first-order valence-corrected chi connectivity index (χ1v) is 8.60. The number of thiazole rings is 1. The Kier molecular flexibility index (Phi) is 5.08. The normalized spacial score (nSPS) is 10.5. The number of nitrogens with zero attached hydrogens (tertiary/aromatic N) is 3. The van der Waals surface area contributed by atoms with Gasteiger partial charge in [0.15, 0.2) is 5.13 Å². The topological polar surface area (TPSA) is 106 Å². The maximum Gasteiger partial charge on any atom is 0.277 e. The van der Waals surface area contributed by atoms with Crippen molar-refractivity contribution in [1.82, 2.24) is 14.8 Å². The first-order valence-electron chi connectivity index (χ1n) is 7.72. The predicted octanol–water partition coefficient (Wildman–Crippen LogP) is 2.25. The fourth-order valence-electron chi connectivity index (χ4n) is 2.24. The molecule has 8 nitrogen and oxygen atoms in total. The molecule has 0 bridgehead atoms. The molecule has 0 aliphatic rings. The van der Waals surface area contributed by atoms with E-state index in [4.69, 9.17) is 0 Å². The van der Waals surface area contributed by atoms with E-state index < -0.39 is 11.7 Å². The van der Waals surface area contributed by atoms with Gasteiger partial charge in [0.05, 0.1) is 5.69 Å². The van der Waals surface area contributed by atoms with Crippen LogP contribution in [0.5, 0.6) is 0 Å². The number of carbonyl (C=O) groups excluding carboxylic acids is 2. The molecule has 10 heteroatoms. The molecule has 27 heavy (non-hydrogen) atoms. The Labute approximate surface area is 156 Å². The van der Waals surface area contributed by atoms with Crippen molar-refractivity contribution in [3.05, 3.63) is 57.6 Å². The number of aromatic nitrogens is 3. The quantitative estimate of drug-likeness (QED) is 0.714. The van der Waals surface area contributed by atoms with E-state index in [1.54, 1.807) is 11.4 Å². The second-order valence-corrected chi connectivity index (χ2v) is 6.41. The van der Waals surface area contributed by atoms with Crippen LogP contribution in [0.4, 0.5) is 15.2 Å². The molecular weight excluding hydrogens is 373 g/mol. The second-order valence-electron chi connectivity index (χ2n) is 5.55. The first kappa shape index (κ1) is 18.4. The molecule has 3 aromatic rings. The Hall–Kier alpha value is -3.40. The Balaban J connectivity index is 1.78. The third kappa shape index (κ3) is 4.23. The minimum atomic E-state index is -0.552. The van der Waals surface area contributed by atoms with Crippen LogP contribution in [0.25, 0.3) is 11.3 Å². The van der Waals surface area contributed by atoms with Crippen molar-refractivity contribution in [2.75, 3.05) is 10.6 Å². The van der Waals surface area contributed by atoms with Crippen molar-refractivity contribution in [2.24, 2.45) is 7.05 Å². The van der Waals surface area contributed by atoms with Crippen molar-refractivity contribution >= 4 is 34.0 Å². The lowest BCUT2D eigenvalue weighted by Crippen LogP contribution is -2.23. The highest BCUT2D eigenvalue weighted by Crippen LogP contribution is 2.28. The number of carbonyl (C=O) groups is 2. The van der Waals surface area contributed by atoms with E-state index in [1.807, 2.05) is 0 Å². The second kappa shape index (κ2) is 7.46. The van der Waals surface area contributed by atoms with Gasteiger partial charge < -0.3 is 5.32 Å². The summed E-state index contributed by atoms with van der Waals surface area (Å²) < 4.78 is 15.3. The fourth-order valence-corrected chi connectivity index (χ4v) is 2.95. The van der Waals surface area contributed by atoms with Crippen LogP contribution in [-0.4, -0.2) is 26.6 Å². The van der Waals surface area contributed by atoms with Gasteiger partial charge in [-0.25, -0.2) is 14.1 Å². The van der Waals surface area contributed by atoms with E-state index in [1.165, 1.54) is 38.2 Å². The standard InChI is InChI=1S/C17H14FN5O3S/c1-9(24)19-10-3-4-11(12(18)7-10)14-8-27-17(20-14)21-16(26)13-5-6-15(25)23(2)22-13/h3-8H,1-2H3,(H,19,24)(H,20,21,26). The summed E-state index contributed by atoms with van der Waals surface area (Å²) in [6, 6.07) is 6.80. The number of anilines is 2. The number of rotatable bonds is 4. The SMILES string of the molecule is CC(=O)Nc1ccc(-c2csc(NC(=O)c3ccc(=O)n(C)n3)n2)c(F)c1. The molecule has 2 heterocycles. The van der Waals surface area contributed by atoms with Gasteiger partial charge in [-0.1, -0.05) is 0 Å². The highest BCUT2D eigenvalue weighted by Gasteiger charge is 2.14. The van der Waals surface area contributed by atoms with E-state index in [-0.39, 0.29) is 27.9 Å². The smallest absolute Gasteiger partial charge is 0.277 e. The molecule has 2 N–H and O–H groups in total. The summed E-state index contributed by atoms with van der Waals surface area (Å²) in [5, 5.41) is 10.8. The maximum absolute atomic E-state index is 14.3. The predicted molar refractivity (Wildman–Crippen MR) is 99.2 cm³/mol. The molecule has 0 spiro atoms. The minimum absolute atomic E-state index is 0.0553. The van der Waals surface area contributed by atoms with Crippen molar-refractivity contribution in [1.29, 1.82) is 0 Å². The molecule has 0 unspecified atom stereocenters. The molecule has 0 aliphatic carbocycles. The van der Waals surface area contributed by atoms with Crippen LogP contribution in [0.15, 0.2) is 40.5 Å². The number of nitrogens with one attached hydrogen (secondary N) is 2. The highest BCUT2D eigenvalue weighted by molar-refractivity contribution is 7.14. The molecule has 0 radical (unpaired) electrons. The van der Waals surface area contributed by atoms with Gasteiger partial charge in [0.1, 0.15) is 11.5 Å². The maximum atomic E-state index is 14.3. The molecule has 0 atom stereocenters. The lowest BCUT2D eigenvalue weighted by atomic mass is 10.1. The zero-order chi connectivity index (χ0) is 19.6. The molecule has 3 rings (SSSR count). The number of halogens is 1. The monoisotopic (exact) mass is 387 g/mol. The van der Waals surface area contributed by atoms with Gasteiger partial charge in [0.2, 0.25) is 5.91 Å². The van der Waals surface area contributed by atoms with Crippen molar-refractivity contribution < 1.29 is 14.0 Å². The number of hydrogen-bond donors (Lipinski definition) is 2. The molecule has 0 saturated heterocycles. The van der Waals surface area contributed by atoms with Crippen LogP contribution >= 0.6 is 11.3 Å². The van der Waals surface area contributed by atoms with Crippen LogP contribution < -0.4 is 16.2 Å². The van der Waals surface area contributed by atoms with Crippen LogP contribution in [0.1, 0.15) is 17.4 Å². The van der Waals surface area contributed by atoms with E-state index in [2.05, 4.69) is 20.7 Å². The third-order valence-electron chi connectivity index (χ3n) is 3.48. The summed E-state index contributed by atoms with van der Waals surface area (Å²) in [6.07, 6.45) is 0. The van der Waals surface area contributed by atoms with Crippen molar-refractivity contribution in [3.8, 4) is 11.3 Å². The molecule has 1 aromatic carbocycles. The number of aryl methyl sites for hydroxylation is 1. The summed E-state index contributed by atoms with van der Waals surface area (Å²) in [5.74, 6) is -1.38. The molecule has 138 valence electrons. The summed E-state index contributed by atoms with van der Waals surface area (Å²) in [4.78, 5) is 38.8. The van der Waals surface area contributed by atoms with Gasteiger partial charge >= 0.3 is 0 Å². The molecular formula is C17H14FN5O3S. The summed E-state index contributed by atoms with van der Waals surface area (Å²) in [6.45, 7) is 1.33. The highest BCUT2D eigenvalue weighted by atomic mass is 32.1. The van der Waals surface area contributed by atoms with E-state index in [0.29, 0.717) is 11.4 Å². The van der Waals surface area contributed by atoms with Gasteiger partial charge in [-0.2, -0.15) is 5.10 Å². The summed E-state index contributed by atoms with van der Waals surface area (Å²) >= 11 is 1.12. The van der Waals surface area contributed by atoms with E-state index in [9.17, 15) is 18.8 Å².